The first-order valence-corrected chi connectivity index (χ1v) is 9.82. The van der Waals surface area contributed by atoms with Gasteiger partial charge in [-0.25, -0.2) is 0 Å². The highest BCUT2D eigenvalue weighted by molar-refractivity contribution is 5.95. The van der Waals surface area contributed by atoms with E-state index in [1.54, 1.807) is 0 Å². The van der Waals surface area contributed by atoms with Crippen molar-refractivity contribution < 1.29 is 4.79 Å². The maximum Gasteiger partial charge on any atom is 0.241 e. The van der Waals surface area contributed by atoms with E-state index in [4.69, 9.17) is 0 Å². The molecule has 2 N–H and O–H groups in total. The Balaban J connectivity index is 1.79. The van der Waals surface area contributed by atoms with Gasteiger partial charge in [0.2, 0.25) is 5.91 Å². The van der Waals surface area contributed by atoms with Gasteiger partial charge in [0, 0.05) is 5.69 Å². The van der Waals surface area contributed by atoms with Gasteiger partial charge in [-0.15, -0.1) is 0 Å². The first kappa shape index (κ1) is 19.8. The molecule has 3 nitrogen and oxygen atoms in total. The van der Waals surface area contributed by atoms with Crippen LogP contribution in [-0.2, 0) is 4.79 Å². The van der Waals surface area contributed by atoms with E-state index < -0.39 is 0 Å². The van der Waals surface area contributed by atoms with Gasteiger partial charge < -0.3 is 5.32 Å². The van der Waals surface area contributed by atoms with Gasteiger partial charge in [0.25, 0.3) is 0 Å². The molecule has 0 saturated heterocycles. The Labute approximate surface area is 167 Å². The number of nitrogens with one attached hydrogen (secondary N) is 2. The average molecular weight is 373 g/mol. The molecule has 0 bridgehead atoms. The van der Waals surface area contributed by atoms with E-state index in [1.807, 2.05) is 61.5 Å². The van der Waals surface area contributed by atoms with Crippen molar-refractivity contribution in [3.8, 4) is 0 Å². The highest BCUT2D eigenvalue weighted by atomic mass is 16.2. The van der Waals surface area contributed by atoms with Crippen LogP contribution in [0.3, 0.4) is 0 Å². The van der Waals surface area contributed by atoms with Crippen molar-refractivity contribution in [2.75, 3.05) is 5.32 Å². The van der Waals surface area contributed by atoms with Crippen LogP contribution >= 0.6 is 0 Å². The summed E-state index contributed by atoms with van der Waals surface area (Å²) in [5, 5.41) is 6.60. The van der Waals surface area contributed by atoms with Crippen LogP contribution in [0.15, 0.2) is 84.9 Å². The summed E-state index contributed by atoms with van der Waals surface area (Å²) >= 11 is 0. The van der Waals surface area contributed by atoms with Crippen LogP contribution in [0.2, 0.25) is 0 Å². The van der Waals surface area contributed by atoms with E-state index in [1.165, 1.54) is 0 Å². The predicted molar refractivity (Wildman–Crippen MR) is 116 cm³/mol. The molecule has 0 unspecified atom stereocenters. The number of amides is 1. The third-order valence-electron chi connectivity index (χ3n) is 4.92. The average Bonchev–Trinajstić information content (AvgIpc) is 2.73. The van der Waals surface area contributed by atoms with Crippen LogP contribution < -0.4 is 10.6 Å². The van der Waals surface area contributed by atoms with Crippen molar-refractivity contribution in [2.24, 2.45) is 0 Å². The fourth-order valence-corrected chi connectivity index (χ4v) is 3.36. The van der Waals surface area contributed by atoms with Gasteiger partial charge in [-0.05, 0) is 35.6 Å². The normalized spacial score (nSPS) is 12.2. The number of benzene rings is 3. The molecular weight excluding hydrogens is 344 g/mol. The number of para-hydroxylation sites is 1. The molecule has 0 radical (unpaired) electrons. The van der Waals surface area contributed by atoms with Crippen molar-refractivity contribution in [2.45, 2.75) is 38.8 Å². The van der Waals surface area contributed by atoms with Crippen molar-refractivity contribution >= 4 is 11.6 Å². The summed E-state index contributed by atoms with van der Waals surface area (Å²) in [5.74, 6) is 0.311. The molecule has 3 rings (SSSR count). The maximum atomic E-state index is 12.9. The van der Waals surface area contributed by atoms with E-state index in [-0.39, 0.29) is 18.0 Å². The molecule has 1 amide bonds. The molecule has 0 spiro atoms. The molecule has 0 aliphatic carbocycles. The molecule has 3 heteroatoms. The number of carbonyl (C=O) groups is 1. The number of hydrogen-bond donors (Lipinski definition) is 2. The molecule has 0 aromatic heterocycles. The highest BCUT2D eigenvalue weighted by Crippen LogP contribution is 2.25. The Bertz CT molecular complexity index is 851. The quantitative estimate of drug-likeness (QED) is 0.574. The van der Waals surface area contributed by atoms with Crippen molar-refractivity contribution in [1.82, 2.24) is 5.32 Å². The SMILES string of the molecule is CC(C)c1ccccc1NC(=O)[C@@H](C)NC(c1ccccc1)c1ccccc1. The maximum absolute atomic E-state index is 12.9. The fraction of sp³-hybridized carbons (Fsp3) is 0.240. The van der Waals surface area contributed by atoms with Crippen LogP contribution in [0, 0.1) is 0 Å². The molecule has 0 aliphatic rings. The second kappa shape index (κ2) is 9.34. The van der Waals surface area contributed by atoms with E-state index in [0.717, 1.165) is 22.4 Å². The number of anilines is 1. The topological polar surface area (TPSA) is 41.1 Å². The lowest BCUT2D eigenvalue weighted by Crippen LogP contribution is -2.40. The molecule has 0 saturated carbocycles. The minimum Gasteiger partial charge on any atom is -0.324 e. The number of rotatable bonds is 7. The third-order valence-corrected chi connectivity index (χ3v) is 4.92. The lowest BCUT2D eigenvalue weighted by molar-refractivity contribution is -0.117. The summed E-state index contributed by atoms with van der Waals surface area (Å²) in [4.78, 5) is 12.9. The van der Waals surface area contributed by atoms with Crippen LogP contribution in [0.25, 0.3) is 0 Å². The van der Waals surface area contributed by atoms with Gasteiger partial charge in [0.05, 0.1) is 12.1 Å². The van der Waals surface area contributed by atoms with Crippen molar-refractivity contribution in [3.63, 3.8) is 0 Å². The first-order valence-electron chi connectivity index (χ1n) is 9.82. The second-order valence-electron chi connectivity index (χ2n) is 7.37. The highest BCUT2D eigenvalue weighted by Gasteiger charge is 2.21. The summed E-state index contributed by atoms with van der Waals surface area (Å²) in [6, 6.07) is 28.0. The zero-order valence-corrected chi connectivity index (χ0v) is 16.7. The lowest BCUT2D eigenvalue weighted by Gasteiger charge is -2.24. The van der Waals surface area contributed by atoms with Crippen molar-refractivity contribution in [1.29, 1.82) is 0 Å². The van der Waals surface area contributed by atoms with E-state index in [2.05, 4.69) is 54.8 Å². The molecule has 3 aromatic rings. The second-order valence-corrected chi connectivity index (χ2v) is 7.37. The van der Waals surface area contributed by atoms with E-state index >= 15 is 0 Å². The Kier molecular flexibility index (Phi) is 6.62. The van der Waals surface area contributed by atoms with Gasteiger partial charge >= 0.3 is 0 Å². The zero-order valence-electron chi connectivity index (χ0n) is 16.7. The van der Waals surface area contributed by atoms with Crippen LogP contribution in [0.5, 0.6) is 0 Å². The molecule has 1 atom stereocenters. The first-order chi connectivity index (χ1) is 13.6. The predicted octanol–water partition coefficient (Wildman–Crippen LogP) is 5.52. The Morgan fingerprint density at radius 1 is 0.714 bits per heavy atom. The van der Waals surface area contributed by atoms with Gasteiger partial charge in [-0.1, -0.05) is 92.7 Å². The van der Waals surface area contributed by atoms with Crippen LogP contribution in [0.1, 0.15) is 49.4 Å². The van der Waals surface area contributed by atoms with Gasteiger partial charge in [-0.2, -0.15) is 0 Å². The number of carbonyl (C=O) groups excluding carboxylic acids is 1. The Hall–Kier alpha value is -2.91. The zero-order chi connectivity index (χ0) is 19.9. The summed E-state index contributed by atoms with van der Waals surface area (Å²) in [6.07, 6.45) is 0. The smallest absolute Gasteiger partial charge is 0.241 e. The van der Waals surface area contributed by atoms with Crippen LogP contribution in [-0.4, -0.2) is 11.9 Å². The van der Waals surface area contributed by atoms with Gasteiger partial charge in [-0.3, -0.25) is 10.1 Å². The molecule has 0 fully saturated rings. The van der Waals surface area contributed by atoms with Gasteiger partial charge in [0.15, 0.2) is 0 Å². The molecular formula is C25H28N2O. The summed E-state index contributed by atoms with van der Waals surface area (Å²) in [6.45, 7) is 6.17. The minimum atomic E-state index is -0.356. The summed E-state index contributed by atoms with van der Waals surface area (Å²) in [5.41, 5.74) is 4.30. The standard InChI is InChI=1S/C25H28N2O/c1-18(2)22-16-10-11-17-23(22)27-25(28)19(3)26-24(20-12-6-4-7-13-20)21-14-8-5-9-15-21/h4-19,24,26H,1-3H3,(H,27,28)/t19-/m1/s1. The molecule has 0 aliphatic heterocycles. The van der Waals surface area contributed by atoms with E-state index in [0.29, 0.717) is 5.92 Å². The Morgan fingerprint density at radius 2 is 1.21 bits per heavy atom. The van der Waals surface area contributed by atoms with Gasteiger partial charge in [0.1, 0.15) is 0 Å². The molecule has 28 heavy (non-hydrogen) atoms. The van der Waals surface area contributed by atoms with E-state index in [9.17, 15) is 4.79 Å². The largest absolute Gasteiger partial charge is 0.324 e. The molecule has 144 valence electrons. The number of hydrogen-bond acceptors (Lipinski definition) is 2. The lowest BCUT2D eigenvalue weighted by atomic mass is 9.97. The Morgan fingerprint density at radius 3 is 1.75 bits per heavy atom. The molecule has 0 heterocycles. The summed E-state index contributed by atoms with van der Waals surface area (Å²) < 4.78 is 0. The molecule has 3 aromatic carbocycles. The monoisotopic (exact) mass is 372 g/mol. The fourth-order valence-electron chi connectivity index (χ4n) is 3.36. The van der Waals surface area contributed by atoms with Crippen LogP contribution in [0.4, 0.5) is 5.69 Å². The summed E-state index contributed by atoms with van der Waals surface area (Å²) in [7, 11) is 0. The van der Waals surface area contributed by atoms with Crippen molar-refractivity contribution in [3.05, 3.63) is 102 Å². The third kappa shape index (κ3) is 4.87. The minimum absolute atomic E-state index is 0.0371.